The summed E-state index contributed by atoms with van der Waals surface area (Å²) in [6.07, 6.45) is 1.55. The molecule has 0 amide bonds. The zero-order chi connectivity index (χ0) is 15.9. The SMILES string of the molecule is CC(C)(N)Cn1c(-c2ccccc2F)nc2cc(Cl)cnc21. The van der Waals surface area contributed by atoms with Crippen molar-refractivity contribution in [2.75, 3.05) is 0 Å². The van der Waals surface area contributed by atoms with Gasteiger partial charge in [0.1, 0.15) is 17.2 Å². The normalized spacial score (nSPS) is 12.0. The third-order valence-electron chi connectivity index (χ3n) is 3.23. The van der Waals surface area contributed by atoms with Crippen LogP contribution in [0, 0.1) is 5.82 Å². The third kappa shape index (κ3) is 2.82. The van der Waals surface area contributed by atoms with E-state index in [-0.39, 0.29) is 5.82 Å². The molecule has 2 heterocycles. The van der Waals surface area contributed by atoms with Crippen LogP contribution in [0.4, 0.5) is 4.39 Å². The molecule has 4 nitrogen and oxygen atoms in total. The van der Waals surface area contributed by atoms with Crippen molar-refractivity contribution in [1.82, 2.24) is 14.5 Å². The third-order valence-corrected chi connectivity index (χ3v) is 3.44. The first-order chi connectivity index (χ1) is 10.3. The summed E-state index contributed by atoms with van der Waals surface area (Å²) < 4.78 is 16.0. The van der Waals surface area contributed by atoms with Crippen LogP contribution >= 0.6 is 11.6 Å². The van der Waals surface area contributed by atoms with Crippen LogP contribution in [0.2, 0.25) is 5.02 Å². The van der Waals surface area contributed by atoms with Crippen molar-refractivity contribution in [3.8, 4) is 11.4 Å². The van der Waals surface area contributed by atoms with Crippen LogP contribution in [0.5, 0.6) is 0 Å². The molecule has 114 valence electrons. The van der Waals surface area contributed by atoms with Crippen LogP contribution in [0.25, 0.3) is 22.6 Å². The maximum Gasteiger partial charge on any atom is 0.160 e. The Kier molecular flexibility index (Phi) is 3.62. The number of nitrogens with two attached hydrogens (primary N) is 1. The second-order valence-electron chi connectivity index (χ2n) is 5.99. The number of pyridine rings is 1. The quantitative estimate of drug-likeness (QED) is 0.802. The molecule has 3 rings (SSSR count). The van der Waals surface area contributed by atoms with Gasteiger partial charge in [-0.15, -0.1) is 0 Å². The Morgan fingerprint density at radius 3 is 2.73 bits per heavy atom. The number of fused-ring (bicyclic) bond motifs is 1. The molecule has 0 unspecified atom stereocenters. The van der Waals surface area contributed by atoms with E-state index in [1.165, 1.54) is 6.07 Å². The van der Waals surface area contributed by atoms with E-state index in [1.54, 1.807) is 30.5 Å². The second-order valence-corrected chi connectivity index (χ2v) is 6.42. The molecule has 0 aliphatic heterocycles. The van der Waals surface area contributed by atoms with Crippen molar-refractivity contribution in [2.45, 2.75) is 25.9 Å². The first-order valence-corrected chi connectivity index (χ1v) is 7.28. The van der Waals surface area contributed by atoms with Gasteiger partial charge in [-0.3, -0.25) is 0 Å². The molecular formula is C16H16ClFN4. The van der Waals surface area contributed by atoms with Gasteiger partial charge >= 0.3 is 0 Å². The average Bonchev–Trinajstić information content (AvgIpc) is 2.75. The first-order valence-electron chi connectivity index (χ1n) is 6.91. The summed E-state index contributed by atoms with van der Waals surface area (Å²) >= 11 is 5.98. The molecule has 0 spiro atoms. The number of hydrogen-bond acceptors (Lipinski definition) is 3. The topological polar surface area (TPSA) is 56.7 Å². The number of halogens is 2. The molecule has 0 aliphatic carbocycles. The van der Waals surface area contributed by atoms with E-state index in [1.807, 2.05) is 18.4 Å². The fraction of sp³-hybridized carbons (Fsp3) is 0.250. The van der Waals surface area contributed by atoms with Gasteiger partial charge in [0.2, 0.25) is 0 Å². The summed E-state index contributed by atoms with van der Waals surface area (Å²) in [5, 5.41) is 0.490. The highest BCUT2D eigenvalue weighted by molar-refractivity contribution is 6.31. The standard InChI is InChI=1S/C16H16ClFN4/c1-16(2,19)9-22-14(11-5-3-4-6-12(11)18)21-13-7-10(17)8-20-15(13)22/h3-8H,9,19H2,1-2H3. The van der Waals surface area contributed by atoms with Crippen molar-refractivity contribution >= 4 is 22.8 Å². The van der Waals surface area contributed by atoms with Gasteiger partial charge in [-0.2, -0.15) is 0 Å². The van der Waals surface area contributed by atoms with E-state index < -0.39 is 5.54 Å². The molecule has 3 aromatic rings. The maximum absolute atomic E-state index is 14.2. The van der Waals surface area contributed by atoms with Crippen LogP contribution in [0.1, 0.15) is 13.8 Å². The second kappa shape index (κ2) is 5.34. The van der Waals surface area contributed by atoms with Gasteiger partial charge in [-0.05, 0) is 32.0 Å². The molecule has 0 saturated heterocycles. The van der Waals surface area contributed by atoms with Crippen molar-refractivity contribution in [3.63, 3.8) is 0 Å². The predicted octanol–water partition coefficient (Wildman–Crippen LogP) is 3.63. The van der Waals surface area contributed by atoms with Gasteiger partial charge in [0.25, 0.3) is 0 Å². The Morgan fingerprint density at radius 1 is 1.32 bits per heavy atom. The molecule has 1 aromatic carbocycles. The Bertz CT molecular complexity index is 836. The van der Waals surface area contributed by atoms with Gasteiger partial charge in [-0.25, -0.2) is 14.4 Å². The van der Waals surface area contributed by atoms with Gasteiger partial charge in [-0.1, -0.05) is 23.7 Å². The van der Waals surface area contributed by atoms with Crippen molar-refractivity contribution in [2.24, 2.45) is 5.73 Å². The molecule has 0 fully saturated rings. The van der Waals surface area contributed by atoms with Crippen LogP contribution < -0.4 is 5.73 Å². The summed E-state index contributed by atoms with van der Waals surface area (Å²) in [5.41, 5.74) is 7.32. The highest BCUT2D eigenvalue weighted by Crippen LogP contribution is 2.28. The predicted molar refractivity (Wildman–Crippen MR) is 86.2 cm³/mol. The molecular weight excluding hydrogens is 303 g/mol. The van der Waals surface area contributed by atoms with Crippen LogP contribution in [0.3, 0.4) is 0 Å². The van der Waals surface area contributed by atoms with E-state index in [2.05, 4.69) is 9.97 Å². The number of aromatic nitrogens is 3. The van der Waals surface area contributed by atoms with Gasteiger partial charge in [0.05, 0.1) is 10.6 Å². The molecule has 0 atom stereocenters. The zero-order valence-electron chi connectivity index (χ0n) is 12.3. The van der Waals surface area contributed by atoms with E-state index in [0.29, 0.717) is 34.1 Å². The van der Waals surface area contributed by atoms with Gasteiger partial charge in [0.15, 0.2) is 5.65 Å². The fourth-order valence-corrected chi connectivity index (χ4v) is 2.54. The van der Waals surface area contributed by atoms with Gasteiger partial charge < -0.3 is 10.3 Å². The number of imidazole rings is 1. The highest BCUT2D eigenvalue weighted by Gasteiger charge is 2.21. The summed E-state index contributed by atoms with van der Waals surface area (Å²) in [5.74, 6) is 0.168. The first kappa shape index (κ1) is 14.9. The Hall–Kier alpha value is -1.98. The van der Waals surface area contributed by atoms with E-state index in [0.717, 1.165) is 0 Å². The molecule has 22 heavy (non-hydrogen) atoms. The largest absolute Gasteiger partial charge is 0.324 e. The average molecular weight is 319 g/mol. The number of hydrogen-bond donors (Lipinski definition) is 1. The molecule has 2 aromatic heterocycles. The van der Waals surface area contributed by atoms with Crippen molar-refractivity contribution < 1.29 is 4.39 Å². The minimum absolute atomic E-state index is 0.333. The molecule has 6 heteroatoms. The minimum Gasteiger partial charge on any atom is -0.324 e. The van der Waals surface area contributed by atoms with E-state index in [9.17, 15) is 4.39 Å². The summed E-state index contributed by atoms with van der Waals surface area (Å²) in [4.78, 5) is 8.84. The lowest BCUT2D eigenvalue weighted by molar-refractivity contribution is 0.441. The Labute approximate surface area is 132 Å². The maximum atomic E-state index is 14.2. The van der Waals surface area contributed by atoms with E-state index >= 15 is 0 Å². The molecule has 0 bridgehead atoms. The lowest BCUT2D eigenvalue weighted by Crippen LogP contribution is -2.37. The van der Waals surface area contributed by atoms with Crippen molar-refractivity contribution in [3.05, 3.63) is 47.4 Å². The zero-order valence-corrected chi connectivity index (χ0v) is 13.1. The summed E-state index contributed by atoms with van der Waals surface area (Å²) in [7, 11) is 0. The Morgan fingerprint density at radius 2 is 2.05 bits per heavy atom. The molecule has 2 N–H and O–H groups in total. The van der Waals surface area contributed by atoms with Crippen LogP contribution in [-0.2, 0) is 6.54 Å². The number of nitrogens with zero attached hydrogens (tertiary/aromatic N) is 3. The lowest BCUT2D eigenvalue weighted by Gasteiger charge is -2.21. The van der Waals surface area contributed by atoms with E-state index in [4.69, 9.17) is 17.3 Å². The molecule has 0 radical (unpaired) electrons. The molecule has 0 saturated carbocycles. The highest BCUT2D eigenvalue weighted by atomic mass is 35.5. The lowest BCUT2D eigenvalue weighted by atomic mass is 10.1. The number of rotatable bonds is 3. The van der Waals surface area contributed by atoms with Crippen molar-refractivity contribution in [1.29, 1.82) is 0 Å². The minimum atomic E-state index is -0.491. The smallest absolute Gasteiger partial charge is 0.160 e. The van der Waals surface area contributed by atoms with Gasteiger partial charge in [0, 0.05) is 18.3 Å². The Balaban J connectivity index is 2.28. The number of benzene rings is 1. The van der Waals surface area contributed by atoms with Crippen LogP contribution in [0.15, 0.2) is 36.5 Å². The monoisotopic (exact) mass is 318 g/mol. The summed E-state index contributed by atoms with van der Waals surface area (Å²) in [6, 6.07) is 8.24. The summed E-state index contributed by atoms with van der Waals surface area (Å²) in [6.45, 7) is 4.27. The van der Waals surface area contributed by atoms with Crippen LogP contribution in [-0.4, -0.2) is 20.1 Å². The fourth-order valence-electron chi connectivity index (χ4n) is 2.39. The molecule has 0 aliphatic rings.